The van der Waals surface area contributed by atoms with Crippen molar-refractivity contribution < 1.29 is 13.2 Å². The fourth-order valence-electron chi connectivity index (χ4n) is 3.32. The molecule has 2 nitrogen and oxygen atoms in total. The van der Waals surface area contributed by atoms with Gasteiger partial charge < -0.3 is 5.32 Å². The van der Waals surface area contributed by atoms with Crippen molar-refractivity contribution in [3.05, 3.63) is 68.7 Å². The van der Waals surface area contributed by atoms with Crippen LogP contribution in [0.3, 0.4) is 0 Å². The molecule has 0 aliphatic carbocycles. The summed E-state index contributed by atoms with van der Waals surface area (Å²) in [6.07, 6.45) is -3.47. The van der Waals surface area contributed by atoms with Crippen LogP contribution in [0.25, 0.3) is 0 Å². The van der Waals surface area contributed by atoms with Crippen molar-refractivity contribution in [2.75, 3.05) is 26.2 Å². The Balaban J connectivity index is 2.11. The first kappa shape index (κ1) is 19.7. The van der Waals surface area contributed by atoms with Crippen LogP contribution in [0, 0.1) is 0 Å². The van der Waals surface area contributed by atoms with Crippen molar-refractivity contribution in [2.45, 2.75) is 18.6 Å². The van der Waals surface area contributed by atoms with E-state index in [0.717, 1.165) is 48.7 Å². The largest absolute Gasteiger partial charge is 0.416 e. The maximum absolute atomic E-state index is 13.3. The van der Waals surface area contributed by atoms with Gasteiger partial charge in [0.1, 0.15) is 0 Å². The summed E-state index contributed by atoms with van der Waals surface area (Å²) >= 11 is 9.83. The van der Waals surface area contributed by atoms with Crippen molar-refractivity contribution in [1.29, 1.82) is 0 Å². The number of alkyl halides is 3. The van der Waals surface area contributed by atoms with Crippen LogP contribution in [0.4, 0.5) is 13.2 Å². The Morgan fingerprint density at radius 3 is 2.62 bits per heavy atom. The molecule has 1 atom stereocenters. The van der Waals surface area contributed by atoms with Crippen molar-refractivity contribution >= 4 is 27.5 Å². The first-order valence-corrected chi connectivity index (χ1v) is 9.60. The quantitative estimate of drug-likeness (QED) is 0.668. The molecule has 0 bridgehead atoms. The number of halogens is 5. The topological polar surface area (TPSA) is 15.3 Å². The van der Waals surface area contributed by atoms with Gasteiger partial charge in [-0.2, -0.15) is 13.2 Å². The molecule has 1 heterocycles. The molecule has 1 aliphatic rings. The second-order valence-electron chi connectivity index (χ2n) is 6.33. The van der Waals surface area contributed by atoms with Crippen molar-refractivity contribution in [1.82, 2.24) is 10.2 Å². The van der Waals surface area contributed by atoms with Crippen LogP contribution in [-0.4, -0.2) is 31.1 Å². The highest BCUT2D eigenvalue weighted by Gasteiger charge is 2.33. The predicted octanol–water partition coefficient (Wildman–Crippen LogP) is 5.51. The fraction of sp³-hybridized carbons (Fsp3) is 0.368. The third-order valence-electron chi connectivity index (χ3n) is 4.52. The standard InChI is InChI=1S/C19H19BrClF3N2/c20-15-4-1-3-13(11-15)18(26-9-2-7-25-8-10-26)16-12-14(19(22,23)24)5-6-17(16)21/h1,3-6,11-12,18,25H,2,7-10H2. The zero-order valence-electron chi connectivity index (χ0n) is 14.0. The van der Waals surface area contributed by atoms with Gasteiger partial charge in [-0.05, 0) is 54.4 Å². The summed E-state index contributed by atoms with van der Waals surface area (Å²) in [7, 11) is 0. The van der Waals surface area contributed by atoms with Gasteiger partial charge in [0, 0.05) is 29.1 Å². The van der Waals surface area contributed by atoms with E-state index in [1.807, 2.05) is 24.3 Å². The van der Waals surface area contributed by atoms with Crippen LogP contribution in [0.15, 0.2) is 46.9 Å². The van der Waals surface area contributed by atoms with E-state index in [-0.39, 0.29) is 6.04 Å². The van der Waals surface area contributed by atoms with E-state index in [1.165, 1.54) is 12.1 Å². The van der Waals surface area contributed by atoms with Gasteiger partial charge in [0.2, 0.25) is 0 Å². The minimum absolute atomic E-state index is 0.331. The molecular formula is C19H19BrClF3N2. The third kappa shape index (κ3) is 4.60. The molecule has 0 aromatic heterocycles. The molecule has 1 N–H and O–H groups in total. The van der Waals surface area contributed by atoms with Crippen LogP contribution in [0.5, 0.6) is 0 Å². The molecule has 0 radical (unpaired) electrons. The van der Waals surface area contributed by atoms with E-state index >= 15 is 0 Å². The first-order chi connectivity index (χ1) is 12.4. The van der Waals surface area contributed by atoms with Crippen molar-refractivity contribution in [2.24, 2.45) is 0 Å². The number of nitrogens with one attached hydrogen (secondary N) is 1. The van der Waals surface area contributed by atoms with Gasteiger partial charge in [-0.3, -0.25) is 4.90 Å². The molecule has 2 aromatic carbocycles. The highest BCUT2D eigenvalue weighted by Crippen LogP contribution is 2.38. The van der Waals surface area contributed by atoms with Crippen LogP contribution in [-0.2, 0) is 6.18 Å². The molecule has 1 unspecified atom stereocenters. The number of benzene rings is 2. The number of rotatable bonds is 3. The lowest BCUT2D eigenvalue weighted by atomic mass is 9.95. The maximum Gasteiger partial charge on any atom is 0.416 e. The molecule has 1 aliphatic heterocycles. The SMILES string of the molecule is FC(F)(F)c1ccc(Cl)c(C(c2cccc(Br)c2)N2CCCNCC2)c1. The predicted molar refractivity (Wildman–Crippen MR) is 101 cm³/mol. The van der Waals surface area contributed by atoms with Gasteiger partial charge >= 0.3 is 6.18 Å². The average Bonchev–Trinajstić information content (AvgIpc) is 2.85. The smallest absolute Gasteiger partial charge is 0.315 e. The van der Waals surface area contributed by atoms with Gasteiger partial charge in [0.15, 0.2) is 0 Å². The van der Waals surface area contributed by atoms with E-state index in [2.05, 4.69) is 26.1 Å². The molecule has 140 valence electrons. The Morgan fingerprint density at radius 1 is 1.08 bits per heavy atom. The zero-order chi connectivity index (χ0) is 18.7. The summed E-state index contributed by atoms with van der Waals surface area (Å²) in [5.74, 6) is 0. The lowest BCUT2D eigenvalue weighted by molar-refractivity contribution is -0.137. The van der Waals surface area contributed by atoms with Gasteiger partial charge in [-0.25, -0.2) is 0 Å². The van der Waals surface area contributed by atoms with Crippen LogP contribution in [0.2, 0.25) is 5.02 Å². The second-order valence-corrected chi connectivity index (χ2v) is 7.65. The summed E-state index contributed by atoms with van der Waals surface area (Å²) in [4.78, 5) is 2.20. The van der Waals surface area contributed by atoms with Crippen LogP contribution >= 0.6 is 27.5 Å². The molecule has 3 rings (SSSR count). The maximum atomic E-state index is 13.3. The fourth-order valence-corrected chi connectivity index (χ4v) is 3.96. The van der Waals surface area contributed by atoms with E-state index in [9.17, 15) is 13.2 Å². The lowest BCUT2D eigenvalue weighted by Crippen LogP contribution is -2.33. The van der Waals surface area contributed by atoms with Gasteiger partial charge in [-0.1, -0.05) is 39.7 Å². The Kier molecular flexibility index (Phi) is 6.28. The minimum atomic E-state index is -4.40. The molecule has 0 saturated carbocycles. The molecule has 1 saturated heterocycles. The monoisotopic (exact) mass is 446 g/mol. The second kappa shape index (κ2) is 8.30. The molecule has 2 aromatic rings. The molecule has 1 fully saturated rings. The van der Waals surface area contributed by atoms with E-state index in [0.29, 0.717) is 10.6 Å². The average molecular weight is 448 g/mol. The first-order valence-electron chi connectivity index (χ1n) is 8.43. The van der Waals surface area contributed by atoms with E-state index in [1.54, 1.807) is 0 Å². The summed E-state index contributed by atoms with van der Waals surface area (Å²) in [5.41, 5.74) is 0.730. The molecule has 26 heavy (non-hydrogen) atoms. The molecule has 0 spiro atoms. The Labute approximate surface area is 164 Å². The summed E-state index contributed by atoms with van der Waals surface area (Å²) < 4.78 is 40.7. The number of hydrogen-bond acceptors (Lipinski definition) is 2. The molecule has 0 amide bonds. The normalized spacial score (nSPS) is 17.7. The Morgan fingerprint density at radius 2 is 1.88 bits per heavy atom. The molecule has 7 heteroatoms. The van der Waals surface area contributed by atoms with Crippen LogP contribution < -0.4 is 5.32 Å². The minimum Gasteiger partial charge on any atom is -0.315 e. The van der Waals surface area contributed by atoms with Gasteiger partial charge in [0.25, 0.3) is 0 Å². The summed E-state index contributed by atoms with van der Waals surface area (Å²) in [6.45, 7) is 3.22. The van der Waals surface area contributed by atoms with E-state index < -0.39 is 11.7 Å². The highest BCUT2D eigenvalue weighted by molar-refractivity contribution is 9.10. The summed E-state index contributed by atoms with van der Waals surface area (Å²) in [6, 6.07) is 10.9. The highest BCUT2D eigenvalue weighted by atomic mass is 79.9. The number of nitrogens with zero attached hydrogens (tertiary/aromatic N) is 1. The zero-order valence-corrected chi connectivity index (χ0v) is 16.3. The van der Waals surface area contributed by atoms with Gasteiger partial charge in [-0.15, -0.1) is 0 Å². The Bertz CT molecular complexity index is 759. The Hall–Kier alpha value is -1.08. The third-order valence-corrected chi connectivity index (χ3v) is 5.36. The van der Waals surface area contributed by atoms with E-state index in [4.69, 9.17) is 11.6 Å². The van der Waals surface area contributed by atoms with Crippen LogP contribution in [0.1, 0.15) is 29.2 Å². The van der Waals surface area contributed by atoms with Gasteiger partial charge in [0.05, 0.1) is 11.6 Å². The van der Waals surface area contributed by atoms with Crippen molar-refractivity contribution in [3.8, 4) is 0 Å². The molecular weight excluding hydrogens is 429 g/mol. The van der Waals surface area contributed by atoms with Crippen molar-refractivity contribution in [3.63, 3.8) is 0 Å². The lowest BCUT2D eigenvalue weighted by Gasteiger charge is -2.32. The summed E-state index contributed by atoms with van der Waals surface area (Å²) in [5, 5.41) is 3.68. The number of hydrogen-bond donors (Lipinski definition) is 1.